The summed E-state index contributed by atoms with van der Waals surface area (Å²) in [4.78, 5) is 74.4. The van der Waals surface area contributed by atoms with Crippen LogP contribution in [0.15, 0.2) is 30.6 Å². The minimum atomic E-state index is -2.74. The Balaban J connectivity index is 1.63. The fraction of sp³-hybridized carbons (Fsp3) is 0.448. The van der Waals surface area contributed by atoms with Crippen LogP contribution in [-0.4, -0.2) is 93.9 Å². The van der Waals surface area contributed by atoms with Gasteiger partial charge in [-0.3, -0.25) is 33.9 Å². The Hall–Kier alpha value is -3.80. The molecule has 3 aliphatic carbocycles. The summed E-state index contributed by atoms with van der Waals surface area (Å²) in [6.45, 7) is 0.639. The number of fused-ring (bicyclic) bond motifs is 3. The summed E-state index contributed by atoms with van der Waals surface area (Å²) in [5.74, 6) is -10.6. The van der Waals surface area contributed by atoms with Gasteiger partial charge in [-0.05, 0) is 75.8 Å². The number of phenols is 1. The number of primary amides is 1. The van der Waals surface area contributed by atoms with E-state index in [1.54, 1.807) is 32.6 Å². The molecule has 40 heavy (non-hydrogen) atoms. The summed E-state index contributed by atoms with van der Waals surface area (Å²) < 4.78 is 0. The predicted octanol–water partition coefficient (Wildman–Crippen LogP) is -0.00940. The van der Waals surface area contributed by atoms with Gasteiger partial charge in [-0.1, -0.05) is 6.07 Å². The number of nitrogens with zero attached hydrogens (tertiary/aromatic N) is 3. The molecule has 0 saturated heterocycles. The second kappa shape index (κ2) is 9.69. The maximum Gasteiger partial charge on any atom is 0.235 e. The van der Waals surface area contributed by atoms with Crippen molar-refractivity contribution in [2.24, 2.45) is 29.4 Å². The van der Waals surface area contributed by atoms with Crippen molar-refractivity contribution in [2.45, 2.75) is 31.0 Å². The highest BCUT2D eigenvalue weighted by atomic mass is 16.3. The fourth-order valence-electron chi connectivity index (χ4n) is 6.96. The van der Waals surface area contributed by atoms with Gasteiger partial charge < -0.3 is 20.8 Å². The maximum atomic E-state index is 13.9. The van der Waals surface area contributed by atoms with Crippen LogP contribution in [0.1, 0.15) is 27.9 Å². The smallest absolute Gasteiger partial charge is 0.235 e. The number of Topliss-reactive ketones (excluding diaryl/α,β-unsaturated/α-hetero) is 4. The molecular weight excluding hydrogens is 516 g/mol. The van der Waals surface area contributed by atoms with Crippen molar-refractivity contribution in [1.29, 1.82) is 0 Å². The number of phenolic OH excluding ortho intramolecular Hbond substituents is 1. The number of ketones is 4. The molecule has 1 aromatic heterocycles. The molecule has 2 saturated carbocycles. The van der Waals surface area contributed by atoms with Gasteiger partial charge in [-0.2, -0.15) is 0 Å². The molecule has 4 N–H and O–H groups in total. The summed E-state index contributed by atoms with van der Waals surface area (Å²) in [6.07, 6.45) is 3.60. The Morgan fingerprint density at radius 3 is 2.42 bits per heavy atom. The van der Waals surface area contributed by atoms with Crippen LogP contribution in [0, 0.1) is 23.7 Å². The zero-order valence-electron chi connectivity index (χ0n) is 22.7. The third-order valence-electron chi connectivity index (χ3n) is 8.55. The Morgan fingerprint density at radius 2 is 1.80 bits per heavy atom. The van der Waals surface area contributed by atoms with E-state index >= 15 is 0 Å². The van der Waals surface area contributed by atoms with Crippen molar-refractivity contribution in [3.63, 3.8) is 0 Å². The lowest BCUT2D eigenvalue weighted by Crippen LogP contribution is -2.74. The second-order valence-electron chi connectivity index (χ2n) is 11.6. The van der Waals surface area contributed by atoms with Crippen molar-refractivity contribution >= 4 is 29.0 Å². The number of carbonyl (C=O) groups excluding carboxylic acids is 5. The normalized spacial score (nSPS) is 29.8. The Kier molecular flexibility index (Phi) is 6.72. The highest BCUT2D eigenvalue weighted by Gasteiger charge is 2.69. The number of hydrogen-bond acceptors (Lipinski definition) is 10. The molecule has 3 aliphatic rings. The lowest BCUT2D eigenvalue weighted by atomic mass is 9.52. The standard InChI is InChI=1S/C29H32N4O7/c1-32(2)12-13-7-15(11-31-10-13)16-5-6-19(34)21-17(16)8-14-9-18-23(33(3)4)25(36)22(28(30)39)27(38)29(18,40)26(37)20(14)24(21)35/h5-7,10-11,14,18,20,22-23,34,40H,8-9,12H2,1-4H3,(H2,30,39)/t14-,18-,20?,22?,23-,29-/m0/s1. The van der Waals surface area contributed by atoms with Gasteiger partial charge in [0.15, 0.2) is 34.7 Å². The Morgan fingerprint density at radius 1 is 1.10 bits per heavy atom. The molecular formula is C29H32N4O7. The van der Waals surface area contributed by atoms with Gasteiger partial charge >= 0.3 is 0 Å². The molecule has 0 radical (unpaired) electrons. The van der Waals surface area contributed by atoms with Crippen molar-refractivity contribution in [3.05, 3.63) is 47.3 Å². The Labute approximate surface area is 231 Å². The molecule has 1 aromatic carbocycles. The highest BCUT2D eigenvalue weighted by Crippen LogP contribution is 2.51. The van der Waals surface area contributed by atoms with Crippen molar-refractivity contribution in [3.8, 4) is 16.9 Å². The summed E-state index contributed by atoms with van der Waals surface area (Å²) in [7, 11) is 6.97. The van der Waals surface area contributed by atoms with Gasteiger partial charge in [-0.25, -0.2) is 0 Å². The maximum absolute atomic E-state index is 13.9. The number of benzene rings is 1. The van der Waals surface area contributed by atoms with Crippen LogP contribution in [0.3, 0.4) is 0 Å². The van der Waals surface area contributed by atoms with Gasteiger partial charge in [0.2, 0.25) is 5.91 Å². The SMILES string of the molecule is CN(C)Cc1cncc(-c2ccc(O)c3c2C[C@H]2C[C@H]4[C@H](N(C)C)C(=O)C(C(N)=O)C(=O)[C@@]4(O)C(=O)C2C3=O)c1. The summed E-state index contributed by atoms with van der Waals surface area (Å²) in [5.41, 5.74) is 5.47. The minimum absolute atomic E-state index is 0.00207. The average Bonchev–Trinajstić information content (AvgIpc) is 2.85. The van der Waals surface area contributed by atoms with Gasteiger partial charge in [0, 0.05) is 30.4 Å². The van der Waals surface area contributed by atoms with Crippen molar-refractivity contribution < 1.29 is 34.2 Å². The number of aliphatic hydroxyl groups is 1. The molecule has 1 heterocycles. The zero-order valence-corrected chi connectivity index (χ0v) is 22.7. The van der Waals surface area contributed by atoms with E-state index in [-0.39, 0.29) is 24.2 Å². The first-order chi connectivity index (χ1) is 18.8. The molecule has 2 fully saturated rings. The van der Waals surface area contributed by atoms with Crippen LogP contribution in [0.5, 0.6) is 5.75 Å². The van der Waals surface area contributed by atoms with Crippen LogP contribution < -0.4 is 5.73 Å². The number of pyridine rings is 1. The molecule has 2 unspecified atom stereocenters. The average molecular weight is 549 g/mol. The summed E-state index contributed by atoms with van der Waals surface area (Å²) in [5, 5.41) is 22.4. The number of nitrogens with two attached hydrogens (primary N) is 1. The zero-order chi connectivity index (χ0) is 29.3. The molecule has 5 rings (SSSR count). The quantitative estimate of drug-likeness (QED) is 0.432. The topological polar surface area (TPSA) is 171 Å². The van der Waals surface area contributed by atoms with Crippen LogP contribution in [0.4, 0.5) is 0 Å². The van der Waals surface area contributed by atoms with E-state index in [2.05, 4.69) is 4.98 Å². The molecule has 1 amide bonds. The van der Waals surface area contributed by atoms with Crippen LogP contribution >= 0.6 is 0 Å². The van der Waals surface area contributed by atoms with Crippen LogP contribution in [-0.2, 0) is 32.1 Å². The van der Waals surface area contributed by atoms with Gasteiger partial charge in [0.1, 0.15) is 5.75 Å². The van der Waals surface area contributed by atoms with Gasteiger partial charge in [0.25, 0.3) is 0 Å². The lowest BCUT2D eigenvalue weighted by molar-refractivity contribution is -0.181. The molecule has 0 aliphatic heterocycles. The number of aromatic nitrogens is 1. The third kappa shape index (κ3) is 3.99. The second-order valence-corrected chi connectivity index (χ2v) is 11.6. The Bertz CT molecular complexity index is 1470. The molecule has 11 nitrogen and oxygen atoms in total. The highest BCUT2D eigenvalue weighted by molar-refractivity contribution is 6.32. The van der Waals surface area contributed by atoms with E-state index in [0.29, 0.717) is 17.7 Å². The molecule has 11 heteroatoms. The number of hydrogen-bond donors (Lipinski definition) is 3. The van der Waals surface area contributed by atoms with Crippen LogP contribution in [0.2, 0.25) is 0 Å². The first-order valence-corrected chi connectivity index (χ1v) is 13.1. The van der Waals surface area contributed by atoms with E-state index in [1.165, 1.54) is 11.0 Å². The third-order valence-corrected chi connectivity index (χ3v) is 8.55. The first kappa shape index (κ1) is 27.8. The lowest BCUT2D eigenvalue weighted by Gasteiger charge is -2.52. The van der Waals surface area contributed by atoms with Crippen molar-refractivity contribution in [2.75, 3.05) is 28.2 Å². The molecule has 0 spiro atoms. The number of amides is 1. The largest absolute Gasteiger partial charge is 0.507 e. The van der Waals surface area contributed by atoms with Gasteiger partial charge in [0.05, 0.1) is 17.5 Å². The number of likely N-dealkylation sites (N-methyl/N-ethyl adjacent to an activating group) is 1. The number of aromatic hydroxyl groups is 1. The van der Waals surface area contributed by atoms with E-state index in [1.807, 2.05) is 25.1 Å². The van der Waals surface area contributed by atoms with E-state index in [0.717, 1.165) is 11.1 Å². The monoisotopic (exact) mass is 548 g/mol. The molecule has 210 valence electrons. The molecule has 2 aromatic rings. The fourth-order valence-corrected chi connectivity index (χ4v) is 6.96. The van der Waals surface area contributed by atoms with Crippen LogP contribution in [0.25, 0.3) is 11.1 Å². The summed E-state index contributed by atoms with van der Waals surface area (Å²) in [6, 6.07) is 3.89. The first-order valence-electron chi connectivity index (χ1n) is 13.1. The number of carbonyl (C=O) groups is 5. The summed E-state index contributed by atoms with van der Waals surface area (Å²) >= 11 is 0. The minimum Gasteiger partial charge on any atom is -0.507 e. The van der Waals surface area contributed by atoms with Crippen molar-refractivity contribution in [1.82, 2.24) is 14.8 Å². The van der Waals surface area contributed by atoms with E-state index in [9.17, 15) is 34.2 Å². The van der Waals surface area contributed by atoms with Gasteiger partial charge in [-0.15, -0.1) is 0 Å². The van der Waals surface area contributed by atoms with E-state index < -0.39 is 64.4 Å². The molecule has 0 bridgehead atoms. The predicted molar refractivity (Wildman–Crippen MR) is 142 cm³/mol. The van der Waals surface area contributed by atoms with E-state index in [4.69, 9.17) is 5.73 Å². The molecule has 6 atom stereocenters. The number of rotatable bonds is 5.